The molecular weight excluding hydrogens is 277 g/mol. The molecular formula is C13H14FN5O2. The van der Waals surface area contributed by atoms with E-state index in [0.717, 1.165) is 6.42 Å². The first-order valence-corrected chi connectivity index (χ1v) is 6.37. The standard InChI is InChI=1S/C13H14FN5O2/c1-2-7-15-12-11(19(20)21)13(17-8-16-12)18-10-5-3-9(14)4-6-10/h3-6,8H,2,7H2,1H3,(H2,15,16,17,18). The molecule has 21 heavy (non-hydrogen) atoms. The largest absolute Gasteiger partial charge is 0.364 e. The van der Waals surface area contributed by atoms with E-state index in [9.17, 15) is 14.5 Å². The van der Waals surface area contributed by atoms with Crippen molar-refractivity contribution in [2.45, 2.75) is 13.3 Å². The molecule has 2 rings (SSSR count). The molecule has 0 aliphatic carbocycles. The molecule has 0 saturated heterocycles. The smallest absolute Gasteiger partial charge is 0.353 e. The van der Waals surface area contributed by atoms with Crippen molar-refractivity contribution in [3.8, 4) is 0 Å². The molecule has 2 aromatic rings. The fourth-order valence-electron chi connectivity index (χ4n) is 1.69. The molecule has 0 radical (unpaired) electrons. The van der Waals surface area contributed by atoms with Gasteiger partial charge in [-0.05, 0) is 30.7 Å². The normalized spacial score (nSPS) is 10.2. The Morgan fingerprint density at radius 3 is 2.52 bits per heavy atom. The van der Waals surface area contributed by atoms with Crippen LogP contribution in [-0.4, -0.2) is 21.4 Å². The molecule has 0 fully saturated rings. The molecule has 0 saturated carbocycles. The third-order valence-corrected chi connectivity index (χ3v) is 2.65. The predicted octanol–water partition coefficient (Wildman–Crippen LogP) is 3.09. The quantitative estimate of drug-likeness (QED) is 0.627. The van der Waals surface area contributed by atoms with Gasteiger partial charge in [-0.15, -0.1) is 0 Å². The van der Waals surface area contributed by atoms with E-state index in [1.54, 1.807) is 0 Å². The first-order valence-electron chi connectivity index (χ1n) is 6.37. The van der Waals surface area contributed by atoms with E-state index in [1.807, 2.05) is 6.92 Å². The molecule has 0 amide bonds. The lowest BCUT2D eigenvalue weighted by Crippen LogP contribution is -2.08. The summed E-state index contributed by atoms with van der Waals surface area (Å²) in [6, 6.07) is 5.46. The lowest BCUT2D eigenvalue weighted by Gasteiger charge is -2.09. The van der Waals surface area contributed by atoms with E-state index in [-0.39, 0.29) is 23.1 Å². The highest BCUT2D eigenvalue weighted by atomic mass is 19.1. The van der Waals surface area contributed by atoms with Gasteiger partial charge < -0.3 is 10.6 Å². The van der Waals surface area contributed by atoms with Crippen LogP contribution < -0.4 is 10.6 Å². The van der Waals surface area contributed by atoms with Gasteiger partial charge in [0.25, 0.3) is 0 Å². The monoisotopic (exact) mass is 291 g/mol. The zero-order chi connectivity index (χ0) is 15.2. The van der Waals surface area contributed by atoms with Crippen LogP contribution in [-0.2, 0) is 0 Å². The average Bonchev–Trinajstić information content (AvgIpc) is 2.47. The topological polar surface area (TPSA) is 93.0 Å². The summed E-state index contributed by atoms with van der Waals surface area (Å²) in [5.41, 5.74) is 0.259. The summed E-state index contributed by atoms with van der Waals surface area (Å²) in [5, 5.41) is 16.9. The minimum absolute atomic E-state index is 0.0558. The molecule has 0 atom stereocenters. The van der Waals surface area contributed by atoms with Crippen LogP contribution >= 0.6 is 0 Å². The fourth-order valence-corrected chi connectivity index (χ4v) is 1.69. The zero-order valence-electron chi connectivity index (χ0n) is 11.3. The van der Waals surface area contributed by atoms with E-state index in [1.165, 1.54) is 30.6 Å². The predicted molar refractivity (Wildman–Crippen MR) is 77.1 cm³/mol. The Bertz CT molecular complexity index is 633. The molecule has 1 heterocycles. The second kappa shape index (κ2) is 6.60. The number of nitrogens with one attached hydrogen (secondary N) is 2. The highest BCUT2D eigenvalue weighted by Gasteiger charge is 2.22. The average molecular weight is 291 g/mol. The van der Waals surface area contributed by atoms with Crippen molar-refractivity contribution >= 4 is 23.0 Å². The maximum absolute atomic E-state index is 12.9. The van der Waals surface area contributed by atoms with E-state index < -0.39 is 4.92 Å². The van der Waals surface area contributed by atoms with Crippen LogP contribution in [0.1, 0.15) is 13.3 Å². The number of hydrogen-bond donors (Lipinski definition) is 2. The van der Waals surface area contributed by atoms with E-state index in [2.05, 4.69) is 20.6 Å². The summed E-state index contributed by atoms with van der Waals surface area (Å²) >= 11 is 0. The Morgan fingerprint density at radius 2 is 1.90 bits per heavy atom. The second-order valence-electron chi connectivity index (χ2n) is 4.24. The lowest BCUT2D eigenvalue weighted by molar-refractivity contribution is -0.383. The van der Waals surface area contributed by atoms with Crippen molar-refractivity contribution in [2.75, 3.05) is 17.2 Å². The molecule has 0 aliphatic heterocycles. The Hall–Kier alpha value is -2.77. The first-order chi connectivity index (χ1) is 10.1. The molecule has 110 valence electrons. The molecule has 1 aromatic heterocycles. The molecule has 8 heteroatoms. The number of nitro groups is 1. The van der Waals surface area contributed by atoms with E-state index >= 15 is 0 Å². The van der Waals surface area contributed by atoms with Crippen molar-refractivity contribution < 1.29 is 9.31 Å². The highest BCUT2D eigenvalue weighted by Crippen LogP contribution is 2.30. The maximum atomic E-state index is 12.9. The van der Waals surface area contributed by atoms with Gasteiger partial charge in [-0.3, -0.25) is 10.1 Å². The Morgan fingerprint density at radius 1 is 1.24 bits per heavy atom. The Balaban J connectivity index is 2.33. The molecule has 0 aliphatic rings. The molecule has 0 spiro atoms. The van der Waals surface area contributed by atoms with Crippen LogP contribution in [0.5, 0.6) is 0 Å². The summed E-state index contributed by atoms with van der Waals surface area (Å²) in [6.07, 6.45) is 2.04. The van der Waals surface area contributed by atoms with Gasteiger partial charge in [0.15, 0.2) is 0 Å². The zero-order valence-corrected chi connectivity index (χ0v) is 11.3. The lowest BCUT2D eigenvalue weighted by atomic mass is 10.3. The van der Waals surface area contributed by atoms with Gasteiger partial charge in [0.05, 0.1) is 4.92 Å². The summed E-state index contributed by atoms with van der Waals surface area (Å²) in [7, 11) is 0. The van der Waals surface area contributed by atoms with Crippen LogP contribution in [0.3, 0.4) is 0 Å². The second-order valence-corrected chi connectivity index (χ2v) is 4.24. The Kier molecular flexibility index (Phi) is 4.60. The van der Waals surface area contributed by atoms with Crippen LogP contribution in [0.15, 0.2) is 30.6 Å². The number of aromatic nitrogens is 2. The number of anilines is 3. The van der Waals surface area contributed by atoms with Gasteiger partial charge in [0, 0.05) is 12.2 Å². The molecule has 7 nitrogen and oxygen atoms in total. The molecule has 2 N–H and O–H groups in total. The van der Waals surface area contributed by atoms with E-state index in [0.29, 0.717) is 12.2 Å². The van der Waals surface area contributed by atoms with Crippen molar-refractivity contribution in [2.24, 2.45) is 0 Å². The van der Waals surface area contributed by atoms with Crippen LogP contribution in [0.25, 0.3) is 0 Å². The molecule has 1 aromatic carbocycles. The van der Waals surface area contributed by atoms with Crippen molar-refractivity contribution in [3.05, 3.63) is 46.5 Å². The summed E-state index contributed by atoms with van der Waals surface area (Å²) < 4.78 is 12.9. The number of benzene rings is 1. The van der Waals surface area contributed by atoms with Gasteiger partial charge in [0.2, 0.25) is 11.6 Å². The van der Waals surface area contributed by atoms with Gasteiger partial charge in [0.1, 0.15) is 12.1 Å². The Labute approximate surface area is 120 Å². The number of rotatable bonds is 6. The van der Waals surface area contributed by atoms with Crippen molar-refractivity contribution in [3.63, 3.8) is 0 Å². The summed E-state index contributed by atoms with van der Waals surface area (Å²) in [4.78, 5) is 18.5. The summed E-state index contributed by atoms with van der Waals surface area (Å²) in [5.74, 6) is -0.176. The number of halogens is 1. The third kappa shape index (κ3) is 3.62. The van der Waals surface area contributed by atoms with Gasteiger partial charge >= 0.3 is 5.69 Å². The minimum Gasteiger partial charge on any atom is -0.364 e. The number of nitrogens with zero attached hydrogens (tertiary/aromatic N) is 3. The van der Waals surface area contributed by atoms with Crippen LogP contribution in [0.4, 0.5) is 27.4 Å². The van der Waals surface area contributed by atoms with Crippen LogP contribution in [0.2, 0.25) is 0 Å². The highest BCUT2D eigenvalue weighted by molar-refractivity contribution is 5.73. The minimum atomic E-state index is -0.552. The van der Waals surface area contributed by atoms with Crippen molar-refractivity contribution in [1.29, 1.82) is 0 Å². The first kappa shape index (κ1) is 14.6. The molecule has 0 unspecified atom stereocenters. The van der Waals surface area contributed by atoms with Gasteiger partial charge in [-0.25, -0.2) is 14.4 Å². The number of hydrogen-bond acceptors (Lipinski definition) is 6. The molecule has 0 bridgehead atoms. The fraction of sp³-hybridized carbons (Fsp3) is 0.231. The third-order valence-electron chi connectivity index (χ3n) is 2.65. The van der Waals surface area contributed by atoms with Gasteiger partial charge in [-0.1, -0.05) is 6.92 Å². The summed E-state index contributed by atoms with van der Waals surface area (Å²) in [6.45, 7) is 2.51. The SMILES string of the molecule is CCCNc1ncnc(Nc2ccc(F)cc2)c1[N+](=O)[O-]. The van der Waals surface area contributed by atoms with Crippen molar-refractivity contribution in [1.82, 2.24) is 9.97 Å². The van der Waals surface area contributed by atoms with E-state index in [4.69, 9.17) is 0 Å². The van der Waals surface area contributed by atoms with Crippen LogP contribution in [0, 0.1) is 15.9 Å². The maximum Gasteiger partial charge on any atom is 0.353 e. The van der Waals surface area contributed by atoms with Gasteiger partial charge in [-0.2, -0.15) is 0 Å².